The van der Waals surface area contributed by atoms with Gasteiger partial charge in [0.2, 0.25) is 0 Å². The Hall–Kier alpha value is -0.650. The van der Waals surface area contributed by atoms with Crippen molar-refractivity contribution in [3.8, 4) is 0 Å². The number of nitrogens with zero attached hydrogens (tertiary/aromatic N) is 2. The molecule has 1 fully saturated rings. The highest BCUT2D eigenvalue weighted by Gasteiger charge is 2.25. The molecule has 1 aromatic rings. The third-order valence-corrected chi connectivity index (χ3v) is 3.34. The third kappa shape index (κ3) is 2.97. The van der Waals surface area contributed by atoms with Crippen molar-refractivity contribution in [3.63, 3.8) is 0 Å². The fraction of sp³-hybridized carbons (Fsp3) is 0.583. The van der Waals surface area contributed by atoms with E-state index in [-0.39, 0.29) is 12.2 Å². The van der Waals surface area contributed by atoms with E-state index in [0.717, 1.165) is 23.4 Å². The smallest absolute Gasteiger partial charge is 0.131 e. The third-order valence-electron chi connectivity index (χ3n) is 2.91. The Kier molecular flexibility index (Phi) is 4.01. The molecule has 2 atom stereocenters. The van der Waals surface area contributed by atoms with Crippen LogP contribution in [-0.4, -0.2) is 36.8 Å². The summed E-state index contributed by atoms with van der Waals surface area (Å²) in [5, 5.41) is 0. The average molecular weight is 300 g/mol. The fourth-order valence-corrected chi connectivity index (χ4v) is 2.66. The van der Waals surface area contributed by atoms with Crippen molar-refractivity contribution in [1.29, 1.82) is 0 Å². The minimum atomic E-state index is 0.101. The van der Waals surface area contributed by atoms with Gasteiger partial charge in [-0.15, -0.1) is 0 Å². The lowest BCUT2D eigenvalue weighted by atomic mass is 10.2. The summed E-state index contributed by atoms with van der Waals surface area (Å²) in [6, 6.07) is 2.08. The van der Waals surface area contributed by atoms with Gasteiger partial charge in [-0.3, -0.25) is 0 Å². The van der Waals surface area contributed by atoms with Crippen LogP contribution in [0, 0.1) is 6.92 Å². The normalized spacial score (nSPS) is 25.1. The van der Waals surface area contributed by atoms with Gasteiger partial charge in [0.05, 0.1) is 12.2 Å². The molecule has 1 saturated heterocycles. The molecule has 1 aliphatic rings. The maximum Gasteiger partial charge on any atom is 0.131 e. The number of hydrogen-bond donors (Lipinski definition) is 1. The minimum absolute atomic E-state index is 0.101. The van der Waals surface area contributed by atoms with Crippen LogP contribution < -0.4 is 10.6 Å². The molecule has 17 heavy (non-hydrogen) atoms. The van der Waals surface area contributed by atoms with E-state index in [2.05, 4.69) is 45.7 Å². The van der Waals surface area contributed by atoms with Crippen LogP contribution in [0.5, 0.6) is 0 Å². The Labute approximate surface area is 110 Å². The number of rotatable bonds is 2. The first-order valence-corrected chi connectivity index (χ1v) is 6.62. The molecule has 0 saturated carbocycles. The van der Waals surface area contributed by atoms with Gasteiger partial charge in [0, 0.05) is 30.3 Å². The van der Waals surface area contributed by atoms with Gasteiger partial charge < -0.3 is 15.4 Å². The van der Waals surface area contributed by atoms with E-state index >= 15 is 0 Å². The van der Waals surface area contributed by atoms with Gasteiger partial charge in [-0.1, -0.05) is 0 Å². The van der Waals surface area contributed by atoms with Crippen molar-refractivity contribution >= 4 is 21.7 Å². The Morgan fingerprint density at radius 3 is 3.00 bits per heavy atom. The standard InChI is InChI=1S/C12H18BrN3O/c1-8-3-10(13)5-15-12(8)16-6-9(2)17-11(4-14)7-16/h3,5,9,11H,4,6-7,14H2,1-2H3. The van der Waals surface area contributed by atoms with Crippen molar-refractivity contribution in [3.05, 3.63) is 22.3 Å². The molecule has 2 N–H and O–H groups in total. The van der Waals surface area contributed by atoms with Crippen LogP contribution in [0.1, 0.15) is 12.5 Å². The van der Waals surface area contributed by atoms with Gasteiger partial charge >= 0.3 is 0 Å². The Balaban J connectivity index is 2.20. The number of aryl methyl sites for hydroxylation is 1. The van der Waals surface area contributed by atoms with Crippen LogP contribution in [0.4, 0.5) is 5.82 Å². The molecule has 4 nitrogen and oxygen atoms in total. The molecule has 0 amide bonds. The van der Waals surface area contributed by atoms with Crippen LogP contribution in [0.2, 0.25) is 0 Å². The van der Waals surface area contributed by atoms with Crippen molar-refractivity contribution in [2.75, 3.05) is 24.5 Å². The predicted molar refractivity (Wildman–Crippen MR) is 72.3 cm³/mol. The number of morpholine rings is 1. The first kappa shape index (κ1) is 12.8. The van der Waals surface area contributed by atoms with Crippen LogP contribution in [-0.2, 0) is 4.74 Å². The van der Waals surface area contributed by atoms with Crippen LogP contribution in [0.15, 0.2) is 16.7 Å². The van der Waals surface area contributed by atoms with Gasteiger partial charge in [-0.2, -0.15) is 0 Å². The molecule has 2 unspecified atom stereocenters. The lowest BCUT2D eigenvalue weighted by Gasteiger charge is -2.37. The second kappa shape index (κ2) is 5.33. The quantitative estimate of drug-likeness (QED) is 0.903. The molecule has 94 valence electrons. The lowest BCUT2D eigenvalue weighted by Crippen LogP contribution is -2.49. The van der Waals surface area contributed by atoms with E-state index in [1.165, 1.54) is 5.56 Å². The maximum absolute atomic E-state index is 5.75. The molecular formula is C12H18BrN3O. The van der Waals surface area contributed by atoms with Gasteiger partial charge in [-0.05, 0) is 41.4 Å². The van der Waals surface area contributed by atoms with Crippen molar-refractivity contribution in [1.82, 2.24) is 4.98 Å². The highest BCUT2D eigenvalue weighted by molar-refractivity contribution is 9.10. The predicted octanol–water partition coefficient (Wildman–Crippen LogP) is 1.70. The van der Waals surface area contributed by atoms with Crippen LogP contribution in [0.25, 0.3) is 0 Å². The summed E-state index contributed by atoms with van der Waals surface area (Å²) >= 11 is 3.43. The number of ether oxygens (including phenoxy) is 1. The summed E-state index contributed by atoms with van der Waals surface area (Å²) in [6.07, 6.45) is 2.13. The second-order valence-corrected chi connectivity index (χ2v) is 5.42. The minimum Gasteiger partial charge on any atom is -0.370 e. The van der Waals surface area contributed by atoms with Crippen LogP contribution >= 0.6 is 15.9 Å². The van der Waals surface area contributed by atoms with E-state index in [1.54, 1.807) is 0 Å². The van der Waals surface area contributed by atoms with E-state index in [9.17, 15) is 0 Å². The van der Waals surface area contributed by atoms with Gasteiger partial charge in [0.1, 0.15) is 5.82 Å². The zero-order valence-corrected chi connectivity index (χ0v) is 11.8. The van der Waals surface area contributed by atoms with Crippen molar-refractivity contribution < 1.29 is 4.74 Å². The first-order valence-electron chi connectivity index (χ1n) is 5.82. The summed E-state index contributed by atoms with van der Waals surface area (Å²) in [7, 11) is 0. The number of hydrogen-bond acceptors (Lipinski definition) is 4. The Bertz CT molecular complexity index is 399. The highest BCUT2D eigenvalue weighted by atomic mass is 79.9. The summed E-state index contributed by atoms with van der Waals surface area (Å²) in [6.45, 7) is 6.38. The van der Waals surface area contributed by atoms with E-state index < -0.39 is 0 Å². The van der Waals surface area contributed by atoms with Gasteiger partial charge in [-0.25, -0.2) is 4.98 Å². The fourth-order valence-electron chi connectivity index (χ4n) is 2.21. The van der Waals surface area contributed by atoms with E-state index in [0.29, 0.717) is 6.54 Å². The molecule has 0 bridgehead atoms. The molecule has 1 aliphatic heterocycles. The number of anilines is 1. The maximum atomic E-state index is 5.75. The molecular weight excluding hydrogens is 282 g/mol. The summed E-state index contributed by atoms with van der Waals surface area (Å²) in [5.41, 5.74) is 6.86. The van der Waals surface area contributed by atoms with Gasteiger partial charge in [0.15, 0.2) is 0 Å². The number of aromatic nitrogens is 1. The molecule has 2 rings (SSSR count). The van der Waals surface area contributed by atoms with E-state index in [1.807, 2.05) is 6.20 Å². The number of pyridine rings is 1. The number of halogens is 1. The molecule has 2 heterocycles. The monoisotopic (exact) mass is 299 g/mol. The first-order chi connectivity index (χ1) is 8.10. The molecule has 0 aromatic carbocycles. The summed E-state index contributed by atoms with van der Waals surface area (Å²) < 4.78 is 6.76. The molecule has 1 aromatic heterocycles. The highest BCUT2D eigenvalue weighted by Crippen LogP contribution is 2.23. The second-order valence-electron chi connectivity index (χ2n) is 4.50. The molecule has 0 radical (unpaired) electrons. The largest absolute Gasteiger partial charge is 0.370 e. The van der Waals surface area contributed by atoms with E-state index in [4.69, 9.17) is 10.5 Å². The topological polar surface area (TPSA) is 51.4 Å². The van der Waals surface area contributed by atoms with Gasteiger partial charge in [0.25, 0.3) is 0 Å². The summed E-state index contributed by atoms with van der Waals surface area (Å²) in [5.74, 6) is 1.03. The summed E-state index contributed by atoms with van der Waals surface area (Å²) in [4.78, 5) is 6.74. The molecule has 0 aliphatic carbocycles. The lowest BCUT2D eigenvalue weighted by molar-refractivity contribution is -0.0107. The van der Waals surface area contributed by atoms with Crippen molar-refractivity contribution in [2.24, 2.45) is 5.73 Å². The zero-order valence-electron chi connectivity index (χ0n) is 10.2. The average Bonchev–Trinajstić information content (AvgIpc) is 2.28. The van der Waals surface area contributed by atoms with Crippen molar-refractivity contribution in [2.45, 2.75) is 26.1 Å². The molecule has 5 heteroatoms. The van der Waals surface area contributed by atoms with Crippen LogP contribution in [0.3, 0.4) is 0 Å². The Morgan fingerprint density at radius 2 is 2.35 bits per heavy atom. The number of nitrogens with two attached hydrogens (primary N) is 1. The zero-order chi connectivity index (χ0) is 12.4. The molecule has 0 spiro atoms. The SMILES string of the molecule is Cc1cc(Br)cnc1N1CC(C)OC(CN)C1. The Morgan fingerprint density at radius 1 is 1.59 bits per heavy atom.